The quantitative estimate of drug-likeness (QED) is 0.323. The van der Waals surface area contributed by atoms with E-state index in [1.54, 1.807) is 0 Å². The third-order valence-electron chi connectivity index (χ3n) is 3.88. The van der Waals surface area contributed by atoms with E-state index in [9.17, 15) is 30.5 Å². The number of halogens is 4. The average Bonchev–Trinajstić information content (AvgIpc) is 2.76. The molecule has 1 N–H and O–H groups in total. The third-order valence-corrected chi connectivity index (χ3v) is 7.03. The number of aliphatic hydroxyl groups excluding tert-OH is 1. The van der Waals surface area contributed by atoms with Gasteiger partial charge in [-0.05, 0) is 36.4 Å². The van der Waals surface area contributed by atoms with Gasteiger partial charge in [-0.3, -0.25) is 0 Å². The van der Waals surface area contributed by atoms with Gasteiger partial charge in [0, 0.05) is 0 Å². The minimum absolute atomic E-state index is 0.0146. The normalized spacial score (nSPS) is 12.2. The molecule has 0 radical (unpaired) electrons. The lowest BCUT2D eigenvalue weighted by Gasteiger charge is -2.26. The Balaban J connectivity index is 0.000000248. The van der Waals surface area contributed by atoms with Crippen LogP contribution in [0.5, 0.6) is 0 Å². The first kappa shape index (κ1) is 24.9. The summed E-state index contributed by atoms with van der Waals surface area (Å²) in [4.78, 5) is 4.08. The van der Waals surface area contributed by atoms with Crippen molar-refractivity contribution >= 4 is 21.0 Å². The van der Waals surface area contributed by atoms with Gasteiger partial charge in [0.2, 0.25) is 0 Å². The van der Waals surface area contributed by atoms with Gasteiger partial charge in [-0.2, -0.15) is 17.6 Å². The molecule has 10 heteroatoms. The van der Waals surface area contributed by atoms with Crippen LogP contribution in [0, 0.1) is 0 Å². The van der Waals surface area contributed by atoms with Crippen molar-refractivity contribution < 1.29 is 35.6 Å². The van der Waals surface area contributed by atoms with Crippen LogP contribution in [0.1, 0.15) is 0 Å². The van der Waals surface area contributed by atoms with E-state index >= 15 is 0 Å². The fraction of sp³-hybridized carbons (Fsp3) is 0.143. The van der Waals surface area contributed by atoms with Crippen molar-refractivity contribution in [2.24, 2.45) is 0 Å². The predicted octanol–water partition coefficient (Wildman–Crippen LogP) is 4.53. The Morgan fingerprint density at radius 1 is 0.710 bits per heavy atom. The largest absolute Gasteiger partial charge is 0.743 e. The molecular formula is C21H18F4O4S2. The molecule has 0 amide bonds. The van der Waals surface area contributed by atoms with E-state index in [1.165, 1.54) is 14.7 Å². The van der Waals surface area contributed by atoms with Crippen molar-refractivity contribution in [1.82, 2.24) is 0 Å². The number of aliphatic hydroxyl groups is 1. The van der Waals surface area contributed by atoms with E-state index in [-0.39, 0.29) is 10.9 Å². The highest BCUT2D eigenvalue weighted by Crippen LogP contribution is 2.37. The molecule has 0 bridgehead atoms. The van der Waals surface area contributed by atoms with Crippen LogP contribution in [0.4, 0.5) is 17.6 Å². The van der Waals surface area contributed by atoms with Gasteiger partial charge in [0.1, 0.15) is 6.61 Å². The molecule has 3 rings (SSSR count). The van der Waals surface area contributed by atoms with Crippen molar-refractivity contribution in [3.8, 4) is 0 Å². The molecule has 0 spiro atoms. The second kappa shape index (κ2) is 10.3. The third kappa shape index (κ3) is 6.07. The molecule has 166 valence electrons. The fourth-order valence-corrected chi connectivity index (χ4v) is 4.89. The molecule has 0 heterocycles. The van der Waals surface area contributed by atoms with E-state index in [4.69, 9.17) is 5.11 Å². The van der Waals surface area contributed by atoms with Crippen molar-refractivity contribution in [1.29, 1.82) is 0 Å². The van der Waals surface area contributed by atoms with Gasteiger partial charge in [-0.15, -0.1) is 0 Å². The summed E-state index contributed by atoms with van der Waals surface area (Å²) in [5.41, 5.74) is 0. The number of benzene rings is 3. The summed E-state index contributed by atoms with van der Waals surface area (Å²) < 4.78 is 76.2. The molecule has 0 aliphatic carbocycles. The van der Waals surface area contributed by atoms with Gasteiger partial charge in [-0.25, -0.2) is 8.42 Å². The first-order valence-electron chi connectivity index (χ1n) is 8.72. The molecule has 0 aliphatic heterocycles. The van der Waals surface area contributed by atoms with E-state index in [1.807, 2.05) is 0 Å². The van der Waals surface area contributed by atoms with Crippen LogP contribution in [0.3, 0.4) is 0 Å². The zero-order valence-electron chi connectivity index (χ0n) is 15.9. The Kier molecular flexibility index (Phi) is 8.24. The highest BCUT2D eigenvalue weighted by Gasteiger charge is 2.61. The number of alkyl halides is 4. The second-order valence-electron chi connectivity index (χ2n) is 6.08. The smallest absolute Gasteiger partial charge is 0.398 e. The summed E-state index contributed by atoms with van der Waals surface area (Å²) in [6, 6.07) is 32.2. The maximum absolute atomic E-state index is 11.9. The summed E-state index contributed by atoms with van der Waals surface area (Å²) in [6.45, 7) is -2.42. The molecule has 31 heavy (non-hydrogen) atoms. The number of hydrogen-bond donors (Lipinski definition) is 1. The Bertz CT molecular complexity index is 955. The Morgan fingerprint density at radius 3 is 1.19 bits per heavy atom. The number of rotatable bonds is 6. The molecule has 0 atom stereocenters. The topological polar surface area (TPSA) is 77.4 Å². The van der Waals surface area contributed by atoms with Gasteiger partial charge in [-0.1, -0.05) is 54.6 Å². The van der Waals surface area contributed by atoms with Crippen LogP contribution in [0.25, 0.3) is 0 Å². The first-order valence-corrected chi connectivity index (χ1v) is 11.4. The zero-order chi connectivity index (χ0) is 23.1. The Morgan fingerprint density at radius 2 is 1.00 bits per heavy atom. The van der Waals surface area contributed by atoms with Gasteiger partial charge >= 0.3 is 11.2 Å². The van der Waals surface area contributed by atoms with Gasteiger partial charge < -0.3 is 9.66 Å². The van der Waals surface area contributed by atoms with E-state index in [0.29, 0.717) is 0 Å². The summed E-state index contributed by atoms with van der Waals surface area (Å²) in [5.74, 6) is -5.26. The minimum atomic E-state index is -6.47. The number of hydrogen-bond acceptors (Lipinski definition) is 4. The lowest BCUT2D eigenvalue weighted by Crippen LogP contribution is -2.49. The molecule has 3 aromatic carbocycles. The van der Waals surface area contributed by atoms with Crippen molar-refractivity contribution in [2.45, 2.75) is 25.9 Å². The molecule has 0 aromatic heterocycles. The molecule has 0 aliphatic rings. The van der Waals surface area contributed by atoms with Crippen LogP contribution in [-0.2, 0) is 21.0 Å². The standard InChI is InChI=1S/C18H15S.C3H4F4O4S/c1-4-10-16(11-5-1)19(17-12-6-2-7-13-17)18-14-8-3-9-15-18;4-2(5,1-8)3(6,7)12(9,10)11/h1-15H;8H,1H2,(H,9,10,11)/q+1;/p-1. The molecule has 0 unspecified atom stereocenters. The van der Waals surface area contributed by atoms with Crippen LogP contribution >= 0.6 is 0 Å². The van der Waals surface area contributed by atoms with Crippen LogP contribution < -0.4 is 0 Å². The van der Waals surface area contributed by atoms with Crippen molar-refractivity contribution in [3.05, 3.63) is 91.0 Å². The van der Waals surface area contributed by atoms with E-state index < -0.39 is 27.9 Å². The van der Waals surface area contributed by atoms with Gasteiger partial charge in [0.15, 0.2) is 24.8 Å². The average molecular weight is 474 g/mol. The predicted molar refractivity (Wildman–Crippen MR) is 108 cm³/mol. The van der Waals surface area contributed by atoms with E-state index in [0.717, 1.165) is 0 Å². The highest BCUT2D eigenvalue weighted by atomic mass is 32.2. The molecule has 0 saturated carbocycles. The van der Waals surface area contributed by atoms with Crippen LogP contribution in [0.15, 0.2) is 106 Å². The monoisotopic (exact) mass is 474 g/mol. The second-order valence-corrected chi connectivity index (χ2v) is 9.53. The molecule has 3 aromatic rings. The maximum Gasteiger partial charge on any atom is 0.398 e. The molecular weight excluding hydrogens is 456 g/mol. The first-order chi connectivity index (χ1) is 14.5. The minimum Gasteiger partial charge on any atom is -0.743 e. The fourth-order valence-electron chi connectivity index (χ4n) is 2.35. The van der Waals surface area contributed by atoms with Crippen molar-refractivity contribution in [2.75, 3.05) is 6.61 Å². The van der Waals surface area contributed by atoms with Crippen molar-refractivity contribution in [3.63, 3.8) is 0 Å². The van der Waals surface area contributed by atoms with E-state index in [2.05, 4.69) is 91.0 Å². The lowest BCUT2D eigenvalue weighted by molar-refractivity contribution is -0.181. The molecule has 0 fully saturated rings. The SMILES string of the molecule is O=S(=O)([O-])C(F)(F)C(F)(F)CO.c1ccc([S+](c2ccccc2)c2ccccc2)cc1. The summed E-state index contributed by atoms with van der Waals surface area (Å²) >= 11 is 0. The van der Waals surface area contributed by atoms with Crippen LogP contribution in [-0.4, -0.2) is 35.9 Å². The summed E-state index contributed by atoms with van der Waals surface area (Å²) in [5, 5.41) is 1.88. The molecule has 4 nitrogen and oxygen atoms in total. The lowest BCUT2D eigenvalue weighted by atomic mass is 10.4. The summed E-state index contributed by atoms with van der Waals surface area (Å²) in [7, 11) is -6.48. The highest BCUT2D eigenvalue weighted by molar-refractivity contribution is 7.97. The summed E-state index contributed by atoms with van der Waals surface area (Å²) in [6.07, 6.45) is 0. The maximum atomic E-state index is 11.9. The van der Waals surface area contributed by atoms with Gasteiger partial charge in [0.25, 0.3) is 0 Å². The van der Waals surface area contributed by atoms with Gasteiger partial charge in [0.05, 0.1) is 10.9 Å². The van der Waals surface area contributed by atoms with Crippen LogP contribution in [0.2, 0.25) is 0 Å². The Hall–Kier alpha value is -2.40. The Labute approximate surface area is 180 Å². The zero-order valence-corrected chi connectivity index (χ0v) is 17.5. The molecule has 0 saturated heterocycles.